The molecule has 0 aromatic carbocycles. The van der Waals surface area contributed by atoms with Crippen molar-refractivity contribution in [2.24, 2.45) is 5.92 Å². The summed E-state index contributed by atoms with van der Waals surface area (Å²) in [6, 6.07) is 0.0625. The van der Waals surface area contributed by atoms with E-state index in [0.29, 0.717) is 13.2 Å². The number of ether oxygens (including phenoxy) is 1. The number of carboxylic acid groups (broad SMARTS) is 1. The Balaban J connectivity index is 2.61. The zero-order valence-corrected chi connectivity index (χ0v) is 8.19. The van der Waals surface area contributed by atoms with Crippen molar-refractivity contribution in [2.75, 3.05) is 26.3 Å². The van der Waals surface area contributed by atoms with Crippen LogP contribution in [0.4, 0.5) is 0 Å². The van der Waals surface area contributed by atoms with Crippen molar-refractivity contribution in [1.29, 1.82) is 0 Å². The molecule has 1 fully saturated rings. The van der Waals surface area contributed by atoms with Crippen LogP contribution in [0.5, 0.6) is 0 Å². The molecular formula is C9H17NO3. The van der Waals surface area contributed by atoms with E-state index in [9.17, 15) is 4.79 Å². The van der Waals surface area contributed by atoms with Crippen molar-refractivity contribution >= 4 is 5.97 Å². The van der Waals surface area contributed by atoms with Crippen molar-refractivity contribution in [2.45, 2.75) is 19.9 Å². The summed E-state index contributed by atoms with van der Waals surface area (Å²) in [5, 5.41) is 8.92. The van der Waals surface area contributed by atoms with Crippen molar-refractivity contribution < 1.29 is 14.6 Å². The number of carboxylic acids is 1. The summed E-state index contributed by atoms with van der Waals surface area (Å²) < 4.78 is 5.19. The SMILES string of the molecule is CCN(CC)C1COCC1C(=O)O. The van der Waals surface area contributed by atoms with Gasteiger partial charge in [0, 0.05) is 6.04 Å². The number of carbonyl (C=O) groups is 1. The first-order chi connectivity index (χ1) is 6.20. The normalized spacial score (nSPS) is 28.2. The van der Waals surface area contributed by atoms with Crippen LogP contribution < -0.4 is 0 Å². The predicted octanol–water partition coefficient (Wildman–Crippen LogP) is 0.428. The molecule has 4 heteroatoms. The molecule has 0 spiro atoms. The lowest BCUT2D eigenvalue weighted by Crippen LogP contribution is -2.42. The number of hydrogen-bond donors (Lipinski definition) is 1. The van der Waals surface area contributed by atoms with Crippen LogP contribution in [0.25, 0.3) is 0 Å². The standard InChI is InChI=1S/C9H17NO3/c1-3-10(4-2)8-6-13-5-7(8)9(11)12/h7-8H,3-6H2,1-2H3,(H,11,12). The van der Waals surface area contributed by atoms with Crippen LogP contribution in [-0.2, 0) is 9.53 Å². The van der Waals surface area contributed by atoms with E-state index in [1.54, 1.807) is 0 Å². The van der Waals surface area contributed by atoms with Gasteiger partial charge in [0.1, 0.15) is 0 Å². The molecule has 0 bridgehead atoms. The van der Waals surface area contributed by atoms with E-state index in [1.807, 2.05) is 13.8 Å². The van der Waals surface area contributed by atoms with Gasteiger partial charge in [-0.1, -0.05) is 13.8 Å². The lowest BCUT2D eigenvalue weighted by Gasteiger charge is -2.27. The second-order valence-corrected chi connectivity index (χ2v) is 3.27. The first kappa shape index (κ1) is 10.5. The maximum atomic E-state index is 10.8. The summed E-state index contributed by atoms with van der Waals surface area (Å²) in [4.78, 5) is 13.0. The second kappa shape index (κ2) is 4.58. The maximum Gasteiger partial charge on any atom is 0.310 e. The van der Waals surface area contributed by atoms with Crippen LogP contribution in [0, 0.1) is 5.92 Å². The zero-order valence-electron chi connectivity index (χ0n) is 8.19. The summed E-state index contributed by atoms with van der Waals surface area (Å²) in [6.07, 6.45) is 0. The van der Waals surface area contributed by atoms with Gasteiger partial charge < -0.3 is 9.84 Å². The third-order valence-electron chi connectivity index (χ3n) is 2.65. The van der Waals surface area contributed by atoms with E-state index in [2.05, 4.69) is 4.90 Å². The Morgan fingerprint density at radius 2 is 2.08 bits per heavy atom. The molecule has 2 atom stereocenters. The molecule has 1 aliphatic heterocycles. The van der Waals surface area contributed by atoms with Gasteiger partial charge in [-0.2, -0.15) is 0 Å². The fourth-order valence-corrected chi connectivity index (χ4v) is 1.83. The second-order valence-electron chi connectivity index (χ2n) is 3.27. The summed E-state index contributed by atoms with van der Waals surface area (Å²) in [5.41, 5.74) is 0. The highest BCUT2D eigenvalue weighted by Crippen LogP contribution is 2.19. The Bertz CT molecular complexity index is 180. The van der Waals surface area contributed by atoms with E-state index in [4.69, 9.17) is 9.84 Å². The Hall–Kier alpha value is -0.610. The third-order valence-corrected chi connectivity index (χ3v) is 2.65. The van der Waals surface area contributed by atoms with E-state index in [-0.39, 0.29) is 12.0 Å². The van der Waals surface area contributed by atoms with Crippen molar-refractivity contribution in [1.82, 2.24) is 4.90 Å². The quantitative estimate of drug-likeness (QED) is 0.693. The molecule has 2 unspecified atom stereocenters. The first-order valence-electron chi connectivity index (χ1n) is 4.75. The minimum Gasteiger partial charge on any atom is -0.481 e. The molecule has 1 aliphatic rings. The Kier molecular flexibility index (Phi) is 3.69. The summed E-state index contributed by atoms with van der Waals surface area (Å²) in [7, 11) is 0. The molecule has 0 saturated carbocycles. The van der Waals surface area contributed by atoms with Gasteiger partial charge in [0.25, 0.3) is 0 Å². The molecule has 4 nitrogen and oxygen atoms in total. The summed E-state index contributed by atoms with van der Waals surface area (Å²) in [5.74, 6) is -1.09. The summed E-state index contributed by atoms with van der Waals surface area (Å²) >= 11 is 0. The molecule has 0 aromatic rings. The third kappa shape index (κ3) is 2.19. The fraction of sp³-hybridized carbons (Fsp3) is 0.889. The van der Waals surface area contributed by atoms with E-state index in [0.717, 1.165) is 13.1 Å². The highest BCUT2D eigenvalue weighted by atomic mass is 16.5. The monoisotopic (exact) mass is 187 g/mol. The predicted molar refractivity (Wildman–Crippen MR) is 48.7 cm³/mol. The van der Waals surface area contributed by atoms with Gasteiger partial charge in [0.05, 0.1) is 19.1 Å². The van der Waals surface area contributed by atoms with E-state index < -0.39 is 5.97 Å². The average molecular weight is 187 g/mol. The fourth-order valence-electron chi connectivity index (χ4n) is 1.83. The Morgan fingerprint density at radius 3 is 2.54 bits per heavy atom. The van der Waals surface area contributed by atoms with E-state index in [1.165, 1.54) is 0 Å². The summed E-state index contributed by atoms with van der Waals surface area (Å²) in [6.45, 7) is 6.76. The molecule has 1 N–H and O–H groups in total. The van der Waals surface area contributed by atoms with Crippen LogP contribution in [0.15, 0.2) is 0 Å². The lowest BCUT2D eigenvalue weighted by molar-refractivity contribution is -0.143. The molecule has 13 heavy (non-hydrogen) atoms. The highest BCUT2D eigenvalue weighted by Gasteiger charge is 2.36. The van der Waals surface area contributed by atoms with Gasteiger partial charge in [0.15, 0.2) is 0 Å². The minimum atomic E-state index is -0.741. The molecule has 1 saturated heterocycles. The Morgan fingerprint density at radius 1 is 1.46 bits per heavy atom. The van der Waals surface area contributed by atoms with Crippen LogP contribution >= 0.6 is 0 Å². The van der Waals surface area contributed by atoms with Crippen molar-refractivity contribution in [3.63, 3.8) is 0 Å². The smallest absolute Gasteiger partial charge is 0.310 e. The number of nitrogens with zero attached hydrogens (tertiary/aromatic N) is 1. The molecule has 1 heterocycles. The minimum absolute atomic E-state index is 0.0625. The van der Waals surface area contributed by atoms with Gasteiger partial charge in [-0.15, -0.1) is 0 Å². The Labute approximate surface area is 78.5 Å². The molecule has 0 aromatic heterocycles. The largest absolute Gasteiger partial charge is 0.481 e. The topological polar surface area (TPSA) is 49.8 Å². The number of rotatable bonds is 4. The van der Waals surface area contributed by atoms with Crippen LogP contribution in [0.2, 0.25) is 0 Å². The van der Waals surface area contributed by atoms with Crippen LogP contribution in [0.1, 0.15) is 13.8 Å². The number of hydrogen-bond acceptors (Lipinski definition) is 3. The molecule has 0 aliphatic carbocycles. The average Bonchev–Trinajstić information content (AvgIpc) is 2.55. The number of likely N-dealkylation sites (N-methyl/N-ethyl adjacent to an activating group) is 1. The van der Waals surface area contributed by atoms with Gasteiger partial charge in [0.2, 0.25) is 0 Å². The molecule has 0 amide bonds. The van der Waals surface area contributed by atoms with Gasteiger partial charge in [-0.3, -0.25) is 9.69 Å². The molecule has 0 radical (unpaired) electrons. The van der Waals surface area contributed by atoms with Crippen LogP contribution in [0.3, 0.4) is 0 Å². The molecule has 1 rings (SSSR count). The van der Waals surface area contributed by atoms with Gasteiger partial charge in [-0.25, -0.2) is 0 Å². The molecular weight excluding hydrogens is 170 g/mol. The first-order valence-corrected chi connectivity index (χ1v) is 4.75. The van der Waals surface area contributed by atoms with Crippen molar-refractivity contribution in [3.8, 4) is 0 Å². The number of aliphatic carboxylic acids is 1. The van der Waals surface area contributed by atoms with E-state index >= 15 is 0 Å². The highest BCUT2D eigenvalue weighted by molar-refractivity contribution is 5.71. The van der Waals surface area contributed by atoms with Gasteiger partial charge >= 0.3 is 5.97 Å². The van der Waals surface area contributed by atoms with Crippen LogP contribution in [-0.4, -0.2) is 48.3 Å². The van der Waals surface area contributed by atoms with Crippen molar-refractivity contribution in [3.05, 3.63) is 0 Å². The zero-order chi connectivity index (χ0) is 9.84. The lowest BCUT2D eigenvalue weighted by atomic mass is 10.0. The van der Waals surface area contributed by atoms with Gasteiger partial charge in [-0.05, 0) is 13.1 Å². The molecule has 76 valence electrons. The maximum absolute atomic E-state index is 10.8.